The fraction of sp³-hybridized carbons (Fsp3) is 0.450. The van der Waals surface area contributed by atoms with Crippen LogP contribution in [-0.2, 0) is 32.5 Å². The van der Waals surface area contributed by atoms with E-state index in [9.17, 15) is 18.0 Å². The van der Waals surface area contributed by atoms with Crippen LogP contribution in [0.2, 0.25) is 0 Å². The van der Waals surface area contributed by atoms with Crippen molar-refractivity contribution in [3.05, 3.63) is 39.9 Å². The highest BCUT2D eigenvalue weighted by molar-refractivity contribution is 7.89. The molecule has 0 saturated carbocycles. The first-order valence-corrected chi connectivity index (χ1v) is 12.1. The number of benzene rings is 1. The van der Waals surface area contributed by atoms with E-state index in [1.807, 2.05) is 13.8 Å². The smallest absolute Gasteiger partial charge is 0.245 e. The Morgan fingerprint density at radius 1 is 1.17 bits per heavy atom. The number of nitrogens with zero attached hydrogens (tertiary/aromatic N) is 1. The van der Waals surface area contributed by atoms with E-state index in [4.69, 9.17) is 0 Å². The number of hydrogen-bond donors (Lipinski definition) is 3. The molecule has 0 saturated heterocycles. The number of carbonyl (C=O) groups is 2. The second-order valence-corrected chi connectivity index (χ2v) is 10.5. The van der Waals surface area contributed by atoms with E-state index in [-0.39, 0.29) is 11.4 Å². The zero-order chi connectivity index (χ0) is 21.9. The first kappa shape index (κ1) is 22.4. The van der Waals surface area contributed by atoms with Gasteiger partial charge in [0, 0.05) is 4.88 Å². The van der Waals surface area contributed by atoms with Gasteiger partial charge in [-0.05, 0) is 62.3 Å². The Kier molecular flexibility index (Phi) is 6.89. The van der Waals surface area contributed by atoms with Crippen LogP contribution in [0.3, 0.4) is 0 Å². The fourth-order valence-electron chi connectivity index (χ4n) is 3.12. The van der Waals surface area contributed by atoms with Crippen molar-refractivity contribution >= 4 is 38.3 Å². The van der Waals surface area contributed by atoms with Crippen LogP contribution in [0, 0.1) is 19.8 Å². The monoisotopic (exact) mass is 450 g/mol. The average Bonchev–Trinajstić information content (AvgIpc) is 3.08. The molecule has 1 aliphatic carbocycles. The summed E-state index contributed by atoms with van der Waals surface area (Å²) in [4.78, 5) is 29.8. The number of sulfonamides is 1. The maximum Gasteiger partial charge on any atom is 0.245 e. The Bertz CT molecular complexity index is 1060. The largest absolute Gasteiger partial charge is 0.346 e. The number of aromatic nitrogens is 1. The number of amides is 2. The number of aryl methyl sites for hydroxylation is 3. The number of fused-ring (bicyclic) bond motifs is 1. The van der Waals surface area contributed by atoms with Crippen LogP contribution >= 0.6 is 11.3 Å². The molecule has 10 heteroatoms. The molecule has 0 fully saturated rings. The van der Waals surface area contributed by atoms with Crippen LogP contribution in [0.4, 0.5) is 5.13 Å². The van der Waals surface area contributed by atoms with Crippen LogP contribution in [0.1, 0.15) is 35.0 Å². The number of anilines is 1. The molecule has 1 heterocycles. The predicted molar refractivity (Wildman–Crippen MR) is 116 cm³/mol. The summed E-state index contributed by atoms with van der Waals surface area (Å²) >= 11 is 1.47. The van der Waals surface area contributed by atoms with Gasteiger partial charge in [-0.25, -0.2) is 18.1 Å². The normalized spacial score (nSPS) is 16.0. The Morgan fingerprint density at radius 2 is 1.93 bits per heavy atom. The third-order valence-corrected chi connectivity index (χ3v) is 7.52. The minimum Gasteiger partial charge on any atom is -0.346 e. The van der Waals surface area contributed by atoms with Gasteiger partial charge in [-0.15, -0.1) is 11.3 Å². The van der Waals surface area contributed by atoms with E-state index in [0.29, 0.717) is 11.0 Å². The van der Waals surface area contributed by atoms with Gasteiger partial charge in [0.2, 0.25) is 21.8 Å². The minimum absolute atomic E-state index is 0.0956. The van der Waals surface area contributed by atoms with Crippen molar-refractivity contribution in [1.29, 1.82) is 0 Å². The van der Waals surface area contributed by atoms with E-state index < -0.39 is 28.4 Å². The topological polar surface area (TPSA) is 117 Å². The lowest BCUT2D eigenvalue weighted by Gasteiger charge is -2.15. The minimum atomic E-state index is -3.81. The number of thiazole rings is 1. The first-order valence-electron chi connectivity index (χ1n) is 9.76. The van der Waals surface area contributed by atoms with E-state index in [0.717, 1.165) is 36.1 Å². The summed E-state index contributed by atoms with van der Waals surface area (Å²) in [6, 6.07) is 4.76. The highest BCUT2D eigenvalue weighted by Gasteiger charge is 2.21. The lowest BCUT2D eigenvalue weighted by atomic mass is 9.93. The number of rotatable bonds is 7. The zero-order valence-electron chi connectivity index (χ0n) is 17.2. The van der Waals surface area contributed by atoms with Gasteiger partial charge in [0.15, 0.2) is 5.13 Å². The lowest BCUT2D eigenvalue weighted by molar-refractivity contribution is -0.123. The molecule has 2 amide bonds. The summed E-state index contributed by atoms with van der Waals surface area (Å²) in [5.74, 6) is -0.377. The van der Waals surface area contributed by atoms with Crippen LogP contribution < -0.4 is 15.4 Å². The Balaban J connectivity index is 1.46. The predicted octanol–water partition coefficient (Wildman–Crippen LogP) is 1.92. The Hall–Kier alpha value is -2.30. The van der Waals surface area contributed by atoms with Crippen molar-refractivity contribution in [2.75, 3.05) is 18.4 Å². The summed E-state index contributed by atoms with van der Waals surface area (Å²) in [7, 11) is -3.81. The summed E-state index contributed by atoms with van der Waals surface area (Å²) in [5, 5.41) is 5.64. The molecule has 8 nitrogen and oxygen atoms in total. The van der Waals surface area contributed by atoms with Crippen LogP contribution in [0.25, 0.3) is 0 Å². The van der Waals surface area contributed by atoms with Gasteiger partial charge in [-0.2, -0.15) is 0 Å². The third kappa shape index (κ3) is 5.65. The molecule has 1 aliphatic rings. The van der Waals surface area contributed by atoms with Crippen LogP contribution in [-0.4, -0.2) is 38.3 Å². The fourth-order valence-corrected chi connectivity index (χ4v) is 5.38. The van der Waals surface area contributed by atoms with Gasteiger partial charge in [0.1, 0.15) is 0 Å². The van der Waals surface area contributed by atoms with Crippen molar-refractivity contribution in [3.8, 4) is 0 Å². The quantitative estimate of drug-likeness (QED) is 0.596. The zero-order valence-corrected chi connectivity index (χ0v) is 18.9. The molecule has 1 atom stereocenters. The Labute approximate surface area is 180 Å². The molecule has 30 heavy (non-hydrogen) atoms. The molecular formula is C20H26N4O4S2. The van der Waals surface area contributed by atoms with Crippen molar-refractivity contribution in [2.45, 2.75) is 44.9 Å². The van der Waals surface area contributed by atoms with Gasteiger partial charge in [0.05, 0.1) is 23.7 Å². The summed E-state index contributed by atoms with van der Waals surface area (Å²) in [5.41, 5.74) is 2.86. The molecule has 2 aromatic rings. The highest BCUT2D eigenvalue weighted by atomic mass is 32.2. The molecule has 0 unspecified atom stereocenters. The molecule has 162 valence electrons. The van der Waals surface area contributed by atoms with E-state index in [2.05, 4.69) is 27.3 Å². The maximum atomic E-state index is 12.3. The van der Waals surface area contributed by atoms with Crippen molar-refractivity contribution in [3.63, 3.8) is 0 Å². The molecule has 0 radical (unpaired) electrons. The highest BCUT2D eigenvalue weighted by Crippen LogP contribution is 2.31. The molecular weight excluding hydrogens is 424 g/mol. The number of nitrogens with one attached hydrogen (secondary N) is 3. The molecule has 0 spiro atoms. The van der Waals surface area contributed by atoms with E-state index in [1.165, 1.54) is 22.3 Å². The maximum absolute atomic E-state index is 12.3. The average molecular weight is 451 g/mol. The van der Waals surface area contributed by atoms with Crippen molar-refractivity contribution in [2.24, 2.45) is 5.92 Å². The van der Waals surface area contributed by atoms with E-state index >= 15 is 0 Å². The second-order valence-electron chi connectivity index (χ2n) is 7.63. The molecule has 3 rings (SSSR count). The Morgan fingerprint density at radius 3 is 2.67 bits per heavy atom. The van der Waals surface area contributed by atoms with Crippen molar-refractivity contribution < 1.29 is 18.0 Å². The van der Waals surface area contributed by atoms with Crippen LogP contribution in [0.5, 0.6) is 0 Å². The van der Waals surface area contributed by atoms with Crippen LogP contribution in [0.15, 0.2) is 23.1 Å². The van der Waals surface area contributed by atoms with Gasteiger partial charge in [-0.1, -0.05) is 13.0 Å². The second kappa shape index (κ2) is 9.23. The summed E-state index contributed by atoms with van der Waals surface area (Å²) < 4.78 is 26.9. The van der Waals surface area contributed by atoms with Gasteiger partial charge in [-0.3, -0.25) is 9.59 Å². The molecule has 3 N–H and O–H groups in total. The summed E-state index contributed by atoms with van der Waals surface area (Å²) in [6.45, 7) is 5.19. The lowest BCUT2D eigenvalue weighted by Crippen LogP contribution is -2.40. The third-order valence-electron chi connectivity index (χ3n) is 5.09. The summed E-state index contributed by atoms with van der Waals surface area (Å²) in [6.07, 6.45) is 2.98. The number of hydrogen-bond acceptors (Lipinski definition) is 6. The molecule has 1 aromatic heterocycles. The first-order chi connectivity index (χ1) is 14.1. The van der Waals surface area contributed by atoms with E-state index in [1.54, 1.807) is 12.1 Å². The molecule has 0 aliphatic heterocycles. The van der Waals surface area contributed by atoms with Crippen molar-refractivity contribution in [1.82, 2.24) is 15.0 Å². The SMILES string of the molecule is Cc1ccc(S(=O)(=O)NCC(=O)NCC(=O)Nc2nc3c(s2)C[C@H](C)CC3)cc1C. The molecule has 1 aromatic carbocycles. The van der Waals surface area contributed by atoms with Gasteiger partial charge >= 0.3 is 0 Å². The number of carbonyl (C=O) groups excluding carboxylic acids is 2. The van der Waals surface area contributed by atoms with Gasteiger partial charge in [0.25, 0.3) is 0 Å². The standard InChI is InChI=1S/C20H26N4O4S2/c1-12-4-7-16-17(8-12)29-20(23-16)24-19(26)10-21-18(25)11-22-30(27,28)15-6-5-13(2)14(3)9-15/h5-6,9,12,22H,4,7-8,10-11H2,1-3H3,(H,21,25)(H,23,24,26)/t12-/m1/s1. The molecule has 0 bridgehead atoms. The van der Waals surface area contributed by atoms with Gasteiger partial charge < -0.3 is 10.6 Å².